The number of fused-ring (bicyclic) bond motifs is 2. The first-order chi connectivity index (χ1) is 17.0. The third kappa shape index (κ3) is 4.19. The number of rotatable bonds is 5. The van der Waals surface area contributed by atoms with Crippen molar-refractivity contribution < 1.29 is 27.8 Å². The van der Waals surface area contributed by atoms with Crippen LogP contribution in [0.3, 0.4) is 0 Å². The van der Waals surface area contributed by atoms with Gasteiger partial charge in [0.15, 0.2) is 11.5 Å². The van der Waals surface area contributed by atoms with Crippen LogP contribution >= 0.6 is 0 Å². The smallest absolute Gasteiger partial charge is 0.330 e. The van der Waals surface area contributed by atoms with Gasteiger partial charge >= 0.3 is 6.03 Å². The van der Waals surface area contributed by atoms with E-state index >= 15 is 0 Å². The Morgan fingerprint density at radius 1 is 0.914 bits per heavy atom. The summed E-state index contributed by atoms with van der Waals surface area (Å²) in [5, 5.41) is 3.92. The predicted octanol–water partition coefficient (Wildman–Crippen LogP) is 6.36. The van der Waals surface area contributed by atoms with Crippen molar-refractivity contribution in [3.8, 4) is 23.0 Å². The molecule has 0 aliphatic rings. The van der Waals surface area contributed by atoms with Gasteiger partial charge in [-0.2, -0.15) is 0 Å². The number of hydrogen-bond acceptors (Lipinski definition) is 5. The summed E-state index contributed by atoms with van der Waals surface area (Å²) in [6.45, 7) is 0. The largest absolute Gasteiger partial charge is 0.493 e. The van der Waals surface area contributed by atoms with Crippen LogP contribution in [0.5, 0.6) is 23.0 Å². The van der Waals surface area contributed by atoms with E-state index in [2.05, 4.69) is 10.3 Å². The lowest BCUT2D eigenvalue weighted by Crippen LogP contribution is -2.19. The molecule has 0 saturated heterocycles. The van der Waals surface area contributed by atoms with E-state index in [0.717, 1.165) is 16.8 Å². The molecule has 0 aliphatic heterocycles. The van der Waals surface area contributed by atoms with Gasteiger partial charge in [-0.15, -0.1) is 0 Å². The Morgan fingerprint density at radius 2 is 1.71 bits per heavy atom. The van der Waals surface area contributed by atoms with E-state index in [1.807, 2.05) is 0 Å². The quantitative estimate of drug-likeness (QED) is 0.320. The number of nitrogens with zero attached hydrogens (tertiary/aromatic N) is 2. The van der Waals surface area contributed by atoms with Crippen molar-refractivity contribution in [2.75, 3.05) is 19.5 Å². The number of methoxy groups -OCH3 is 2. The number of ether oxygens (including phenoxy) is 3. The zero-order chi connectivity index (χ0) is 24.5. The first kappa shape index (κ1) is 22.1. The third-order valence-electron chi connectivity index (χ3n) is 5.49. The van der Waals surface area contributed by atoms with Crippen LogP contribution in [-0.4, -0.2) is 29.8 Å². The van der Waals surface area contributed by atoms with Crippen molar-refractivity contribution in [1.82, 2.24) is 9.55 Å². The molecule has 0 bridgehead atoms. The highest BCUT2D eigenvalue weighted by atomic mass is 19.1. The molecule has 0 fully saturated rings. The second kappa shape index (κ2) is 8.94. The zero-order valence-corrected chi connectivity index (χ0v) is 18.7. The van der Waals surface area contributed by atoms with Crippen LogP contribution in [0.1, 0.15) is 0 Å². The molecule has 1 amide bonds. The van der Waals surface area contributed by atoms with Gasteiger partial charge in [0.2, 0.25) is 0 Å². The molecule has 5 rings (SSSR count). The maximum atomic E-state index is 13.9. The molecule has 0 aliphatic carbocycles. The number of aromatic nitrogens is 2. The van der Waals surface area contributed by atoms with Crippen LogP contribution in [0.4, 0.5) is 19.3 Å². The molecular weight excluding hydrogens is 456 g/mol. The molecule has 7 nitrogen and oxygen atoms in total. The monoisotopic (exact) mass is 475 g/mol. The van der Waals surface area contributed by atoms with Gasteiger partial charge in [-0.05, 0) is 48.5 Å². The molecule has 1 N–H and O–H groups in total. The number of carbonyl (C=O) groups excluding carboxylic acids is 1. The molecule has 0 radical (unpaired) electrons. The number of amides is 1. The second-order valence-corrected chi connectivity index (χ2v) is 7.60. The topological polar surface area (TPSA) is 74.6 Å². The summed E-state index contributed by atoms with van der Waals surface area (Å²) >= 11 is 0. The lowest BCUT2D eigenvalue weighted by Gasteiger charge is -2.12. The second-order valence-electron chi connectivity index (χ2n) is 7.60. The van der Waals surface area contributed by atoms with Gasteiger partial charge in [0.25, 0.3) is 0 Å². The van der Waals surface area contributed by atoms with Crippen molar-refractivity contribution in [1.29, 1.82) is 0 Å². The number of benzene rings is 3. The fourth-order valence-electron chi connectivity index (χ4n) is 3.79. The summed E-state index contributed by atoms with van der Waals surface area (Å²) in [6.07, 6.45) is 3.20. The van der Waals surface area contributed by atoms with Crippen LogP contribution in [0.2, 0.25) is 0 Å². The van der Waals surface area contributed by atoms with Crippen molar-refractivity contribution >= 4 is 33.5 Å². The van der Waals surface area contributed by atoms with E-state index in [1.165, 1.54) is 10.6 Å². The Hall–Kier alpha value is -4.66. The summed E-state index contributed by atoms with van der Waals surface area (Å²) < 4.78 is 45.3. The summed E-state index contributed by atoms with van der Waals surface area (Å²) in [7, 11) is 3.11. The average Bonchev–Trinajstić information content (AvgIpc) is 3.28. The van der Waals surface area contributed by atoms with Gasteiger partial charge in [-0.1, -0.05) is 0 Å². The molecule has 0 atom stereocenters. The lowest BCUT2D eigenvalue weighted by molar-refractivity contribution is 0.254. The molecule has 3 aromatic carbocycles. The Bertz CT molecular complexity index is 1580. The Balaban J connectivity index is 1.43. The fraction of sp³-hybridized carbons (Fsp3) is 0.0769. The van der Waals surface area contributed by atoms with Crippen molar-refractivity contribution in [2.24, 2.45) is 0 Å². The summed E-state index contributed by atoms with van der Waals surface area (Å²) in [6, 6.07) is 14.6. The molecule has 35 heavy (non-hydrogen) atoms. The van der Waals surface area contributed by atoms with Crippen LogP contribution in [0.25, 0.3) is 21.8 Å². The van der Waals surface area contributed by atoms with E-state index < -0.39 is 17.7 Å². The van der Waals surface area contributed by atoms with E-state index in [1.54, 1.807) is 69.1 Å². The fourth-order valence-corrected chi connectivity index (χ4v) is 3.79. The molecule has 0 unspecified atom stereocenters. The van der Waals surface area contributed by atoms with Crippen LogP contribution in [0.15, 0.2) is 73.1 Å². The summed E-state index contributed by atoms with van der Waals surface area (Å²) in [5.74, 6) is 0.644. The van der Waals surface area contributed by atoms with Crippen molar-refractivity contribution in [3.63, 3.8) is 0 Å². The van der Waals surface area contributed by atoms with Crippen molar-refractivity contribution in [2.45, 2.75) is 0 Å². The molecule has 5 aromatic rings. The first-order valence-electron chi connectivity index (χ1n) is 10.5. The average molecular weight is 475 g/mol. The number of halogens is 2. The minimum absolute atomic E-state index is 0.116. The van der Waals surface area contributed by atoms with Gasteiger partial charge in [-0.3, -0.25) is 9.55 Å². The highest BCUT2D eigenvalue weighted by molar-refractivity contribution is 5.99. The van der Waals surface area contributed by atoms with Crippen LogP contribution in [0, 0.1) is 11.6 Å². The summed E-state index contributed by atoms with van der Waals surface area (Å²) in [4.78, 5) is 17.1. The van der Waals surface area contributed by atoms with Gasteiger partial charge < -0.3 is 19.5 Å². The van der Waals surface area contributed by atoms with Gasteiger partial charge in [0.1, 0.15) is 23.1 Å². The Morgan fingerprint density at radius 3 is 2.49 bits per heavy atom. The number of carbonyl (C=O) groups is 1. The Kier molecular flexibility index (Phi) is 5.66. The van der Waals surface area contributed by atoms with E-state index in [0.29, 0.717) is 40.1 Å². The van der Waals surface area contributed by atoms with E-state index in [-0.39, 0.29) is 5.69 Å². The highest BCUT2D eigenvalue weighted by Crippen LogP contribution is 2.37. The normalized spacial score (nSPS) is 11.0. The van der Waals surface area contributed by atoms with Crippen molar-refractivity contribution in [3.05, 3.63) is 84.7 Å². The number of anilines is 1. The van der Waals surface area contributed by atoms with E-state index in [9.17, 15) is 13.6 Å². The SMILES string of the molecule is COc1cc2nccc(Oc3ccc4c(ccn4C(=O)Nc4ccc(F)cc4F)c3)c2cc1OC. The minimum Gasteiger partial charge on any atom is -0.493 e. The number of pyridine rings is 1. The van der Waals surface area contributed by atoms with Crippen LogP contribution < -0.4 is 19.5 Å². The zero-order valence-electron chi connectivity index (χ0n) is 18.7. The van der Waals surface area contributed by atoms with E-state index in [4.69, 9.17) is 14.2 Å². The lowest BCUT2D eigenvalue weighted by atomic mass is 10.1. The first-order valence-corrected chi connectivity index (χ1v) is 10.5. The summed E-state index contributed by atoms with van der Waals surface area (Å²) in [5.41, 5.74) is 1.15. The number of hydrogen-bond donors (Lipinski definition) is 1. The number of nitrogens with one attached hydrogen (secondary N) is 1. The highest BCUT2D eigenvalue weighted by Gasteiger charge is 2.14. The maximum absolute atomic E-state index is 13.9. The predicted molar refractivity (Wildman–Crippen MR) is 128 cm³/mol. The molecular formula is C26H19F2N3O4. The molecule has 0 spiro atoms. The van der Waals surface area contributed by atoms with Gasteiger partial charge in [-0.25, -0.2) is 13.6 Å². The standard InChI is InChI=1S/C26H19F2N3O4/c1-33-24-13-18-21(14-25(24)34-2)29-9-7-23(18)35-17-4-6-22-15(11-17)8-10-31(22)26(32)30-20-5-3-16(27)12-19(20)28/h3-14H,1-2H3,(H,30,32). The van der Waals surface area contributed by atoms with Gasteiger partial charge in [0, 0.05) is 35.3 Å². The molecule has 176 valence electrons. The molecule has 2 aromatic heterocycles. The maximum Gasteiger partial charge on any atom is 0.330 e. The molecule has 2 heterocycles. The molecule has 0 saturated carbocycles. The Labute approximate surface area is 198 Å². The molecule has 9 heteroatoms. The van der Waals surface area contributed by atoms with Gasteiger partial charge in [0.05, 0.1) is 30.9 Å². The van der Waals surface area contributed by atoms with Crippen LogP contribution in [-0.2, 0) is 0 Å². The minimum atomic E-state index is -0.857. The third-order valence-corrected chi connectivity index (χ3v) is 5.49.